The fourth-order valence-corrected chi connectivity index (χ4v) is 4.42. The van der Waals surface area contributed by atoms with Crippen LogP contribution in [-0.4, -0.2) is 38.5 Å². The maximum Gasteiger partial charge on any atom is 0.232 e. The molecule has 0 aliphatic carbocycles. The van der Waals surface area contributed by atoms with E-state index in [9.17, 15) is 12.8 Å². The molecule has 0 aliphatic rings. The molecule has 34 heavy (non-hydrogen) atoms. The number of sulfonamides is 1. The lowest BCUT2D eigenvalue weighted by Crippen LogP contribution is -2.15. The smallest absolute Gasteiger partial charge is 0.232 e. The Morgan fingerprint density at radius 1 is 1.03 bits per heavy atom. The Labute approximate surface area is 195 Å². The van der Waals surface area contributed by atoms with Gasteiger partial charge in [0.15, 0.2) is 0 Å². The van der Waals surface area contributed by atoms with Crippen molar-refractivity contribution in [2.45, 2.75) is 6.92 Å². The standard InChI is InChI=1S/C24H21FN6O2S/c1-3-34(32,33)29-19-8-17(21-6-7-26-13-22(21)25)9-20(11-19)31-15-27-23-10-16(4-5-24(23)31)18-12-28-30(2)14-18/h4-15,29H,3H2,1-2H3. The fraction of sp³-hybridized carbons (Fsp3) is 0.125. The second-order valence-electron chi connectivity index (χ2n) is 7.85. The molecule has 0 bridgehead atoms. The van der Waals surface area contributed by atoms with Crippen LogP contribution in [0, 0.1) is 5.82 Å². The lowest BCUT2D eigenvalue weighted by atomic mass is 10.0. The van der Waals surface area contributed by atoms with Crippen molar-refractivity contribution in [3.05, 3.63) is 79.4 Å². The molecular formula is C24H21FN6O2S. The molecule has 0 saturated carbocycles. The molecule has 3 heterocycles. The number of rotatable bonds is 6. The van der Waals surface area contributed by atoms with E-state index < -0.39 is 15.8 Å². The minimum absolute atomic E-state index is 0.0820. The number of aromatic nitrogens is 5. The summed E-state index contributed by atoms with van der Waals surface area (Å²) < 4.78 is 45.2. The van der Waals surface area contributed by atoms with Crippen molar-refractivity contribution in [3.8, 4) is 27.9 Å². The molecule has 0 unspecified atom stereocenters. The minimum Gasteiger partial charge on any atom is -0.299 e. The van der Waals surface area contributed by atoms with Crippen LogP contribution in [0.15, 0.2) is 73.6 Å². The molecule has 10 heteroatoms. The second-order valence-corrected chi connectivity index (χ2v) is 9.86. The van der Waals surface area contributed by atoms with E-state index >= 15 is 0 Å². The first-order valence-corrected chi connectivity index (χ1v) is 12.2. The van der Waals surface area contributed by atoms with E-state index in [1.54, 1.807) is 48.4 Å². The molecule has 0 fully saturated rings. The van der Waals surface area contributed by atoms with Crippen molar-refractivity contribution in [1.82, 2.24) is 24.3 Å². The summed E-state index contributed by atoms with van der Waals surface area (Å²) in [6.45, 7) is 1.55. The molecule has 2 aromatic carbocycles. The van der Waals surface area contributed by atoms with Gasteiger partial charge in [0.1, 0.15) is 12.1 Å². The van der Waals surface area contributed by atoms with Crippen LogP contribution in [0.5, 0.6) is 0 Å². The van der Waals surface area contributed by atoms with Crippen molar-refractivity contribution in [2.24, 2.45) is 7.05 Å². The summed E-state index contributed by atoms with van der Waals surface area (Å²) in [5.74, 6) is -0.582. The summed E-state index contributed by atoms with van der Waals surface area (Å²) >= 11 is 0. The van der Waals surface area contributed by atoms with Crippen LogP contribution in [0.4, 0.5) is 10.1 Å². The quantitative estimate of drug-likeness (QED) is 0.392. The molecule has 3 aromatic heterocycles. The van der Waals surface area contributed by atoms with E-state index in [-0.39, 0.29) is 5.75 Å². The second kappa shape index (κ2) is 8.38. The van der Waals surface area contributed by atoms with Gasteiger partial charge in [-0.3, -0.25) is 19.0 Å². The number of nitrogens with one attached hydrogen (secondary N) is 1. The zero-order valence-corrected chi connectivity index (χ0v) is 19.3. The van der Waals surface area contributed by atoms with Crippen LogP contribution in [0.25, 0.3) is 39.0 Å². The fourth-order valence-electron chi connectivity index (χ4n) is 3.79. The van der Waals surface area contributed by atoms with Gasteiger partial charge in [-0.05, 0) is 54.4 Å². The molecule has 0 spiro atoms. The van der Waals surface area contributed by atoms with Crippen molar-refractivity contribution >= 4 is 26.7 Å². The van der Waals surface area contributed by atoms with Crippen LogP contribution in [0.3, 0.4) is 0 Å². The average Bonchev–Trinajstić information content (AvgIpc) is 3.44. The summed E-state index contributed by atoms with van der Waals surface area (Å²) in [6.07, 6.45) is 8.00. The van der Waals surface area contributed by atoms with Crippen LogP contribution < -0.4 is 4.72 Å². The highest BCUT2D eigenvalue weighted by Crippen LogP contribution is 2.31. The van der Waals surface area contributed by atoms with Gasteiger partial charge in [0, 0.05) is 36.3 Å². The predicted molar refractivity (Wildman–Crippen MR) is 130 cm³/mol. The first-order valence-electron chi connectivity index (χ1n) is 10.5. The molecule has 172 valence electrons. The van der Waals surface area contributed by atoms with Gasteiger partial charge in [0.2, 0.25) is 10.0 Å². The summed E-state index contributed by atoms with van der Waals surface area (Å²) in [5, 5.41) is 4.22. The summed E-state index contributed by atoms with van der Waals surface area (Å²) in [7, 11) is -1.67. The topological polar surface area (TPSA) is 94.7 Å². The number of nitrogens with zero attached hydrogens (tertiary/aromatic N) is 5. The number of benzene rings is 2. The largest absolute Gasteiger partial charge is 0.299 e. The van der Waals surface area contributed by atoms with Crippen LogP contribution in [0.2, 0.25) is 0 Å². The first kappa shape index (κ1) is 21.8. The van der Waals surface area contributed by atoms with E-state index in [1.807, 2.05) is 36.0 Å². The van der Waals surface area contributed by atoms with Gasteiger partial charge in [0.25, 0.3) is 0 Å². The Kier molecular flexibility index (Phi) is 5.37. The van der Waals surface area contributed by atoms with Gasteiger partial charge in [-0.1, -0.05) is 6.07 Å². The highest BCUT2D eigenvalue weighted by Gasteiger charge is 2.14. The maximum atomic E-state index is 14.5. The number of anilines is 1. The van der Waals surface area contributed by atoms with Gasteiger partial charge < -0.3 is 0 Å². The number of halogens is 1. The lowest BCUT2D eigenvalue weighted by molar-refractivity contribution is 0.602. The molecule has 1 N–H and O–H groups in total. The molecule has 0 saturated heterocycles. The Morgan fingerprint density at radius 2 is 1.88 bits per heavy atom. The van der Waals surface area contributed by atoms with Crippen LogP contribution >= 0.6 is 0 Å². The zero-order valence-electron chi connectivity index (χ0n) is 18.5. The van der Waals surface area contributed by atoms with Gasteiger partial charge in [-0.15, -0.1) is 0 Å². The summed E-state index contributed by atoms with van der Waals surface area (Å²) in [5.41, 5.74) is 5.35. The highest BCUT2D eigenvalue weighted by molar-refractivity contribution is 7.92. The molecule has 0 amide bonds. The number of hydrogen-bond donors (Lipinski definition) is 1. The van der Waals surface area contributed by atoms with Crippen molar-refractivity contribution in [2.75, 3.05) is 10.5 Å². The minimum atomic E-state index is -3.53. The molecule has 0 radical (unpaired) electrons. The molecule has 5 aromatic rings. The highest BCUT2D eigenvalue weighted by atomic mass is 32.2. The molecule has 0 aliphatic heterocycles. The number of imidazole rings is 1. The molecule has 0 atom stereocenters. The summed E-state index contributed by atoms with van der Waals surface area (Å²) in [6, 6.07) is 12.5. The number of pyridine rings is 1. The zero-order chi connectivity index (χ0) is 23.9. The lowest BCUT2D eigenvalue weighted by Gasteiger charge is -2.13. The predicted octanol–water partition coefficient (Wildman–Crippen LogP) is 4.39. The van der Waals surface area contributed by atoms with E-state index in [1.165, 1.54) is 6.20 Å². The van der Waals surface area contributed by atoms with Crippen LogP contribution in [-0.2, 0) is 17.1 Å². The monoisotopic (exact) mass is 476 g/mol. The van der Waals surface area contributed by atoms with E-state index in [2.05, 4.69) is 19.8 Å². The van der Waals surface area contributed by atoms with Gasteiger partial charge in [0.05, 0.1) is 34.9 Å². The number of aryl methyl sites for hydroxylation is 1. The molecule has 5 rings (SSSR count). The van der Waals surface area contributed by atoms with Crippen LogP contribution in [0.1, 0.15) is 6.92 Å². The Hall–Kier alpha value is -4.05. The third-order valence-corrected chi connectivity index (χ3v) is 6.83. The van der Waals surface area contributed by atoms with E-state index in [0.29, 0.717) is 22.5 Å². The normalized spacial score (nSPS) is 11.7. The average molecular weight is 477 g/mol. The van der Waals surface area contributed by atoms with Gasteiger partial charge >= 0.3 is 0 Å². The van der Waals surface area contributed by atoms with Gasteiger partial charge in [-0.2, -0.15) is 5.10 Å². The Morgan fingerprint density at radius 3 is 2.62 bits per heavy atom. The van der Waals surface area contributed by atoms with Crippen molar-refractivity contribution < 1.29 is 12.8 Å². The van der Waals surface area contributed by atoms with Gasteiger partial charge in [-0.25, -0.2) is 17.8 Å². The number of hydrogen-bond acceptors (Lipinski definition) is 5. The van der Waals surface area contributed by atoms with Crippen molar-refractivity contribution in [1.29, 1.82) is 0 Å². The third-order valence-electron chi connectivity index (χ3n) is 5.52. The van der Waals surface area contributed by atoms with Crippen molar-refractivity contribution in [3.63, 3.8) is 0 Å². The Bertz CT molecular complexity index is 1620. The maximum absolute atomic E-state index is 14.5. The summed E-state index contributed by atoms with van der Waals surface area (Å²) in [4.78, 5) is 8.35. The third kappa shape index (κ3) is 4.15. The Balaban J connectivity index is 1.65. The first-order chi connectivity index (χ1) is 16.3. The SMILES string of the molecule is CCS(=O)(=O)Nc1cc(-c2ccncc2F)cc(-n2cnc3cc(-c4cnn(C)c4)ccc32)c1. The van der Waals surface area contributed by atoms with E-state index in [4.69, 9.17) is 0 Å². The van der Waals surface area contributed by atoms with E-state index in [0.717, 1.165) is 28.4 Å². The number of fused-ring (bicyclic) bond motifs is 1. The molecular weight excluding hydrogens is 455 g/mol. The molecule has 8 nitrogen and oxygen atoms in total.